The second-order valence-electron chi connectivity index (χ2n) is 9.67. The predicted octanol–water partition coefficient (Wildman–Crippen LogP) is 8.05. The fourth-order valence-electron chi connectivity index (χ4n) is 5.97. The highest BCUT2D eigenvalue weighted by atomic mass is 35.5. The summed E-state index contributed by atoms with van der Waals surface area (Å²) >= 11 is 6.46. The zero-order valence-electron chi connectivity index (χ0n) is 20.5. The molecule has 4 aromatic carbocycles. The van der Waals surface area contributed by atoms with Crippen molar-refractivity contribution in [1.29, 1.82) is 10.5 Å². The normalized spacial score (nSPS) is 19.9. The van der Waals surface area contributed by atoms with Gasteiger partial charge in [-0.2, -0.15) is 10.5 Å². The quantitative estimate of drug-likeness (QED) is 0.281. The molecule has 0 amide bonds. The topological polar surface area (TPSA) is 63.2 Å². The molecule has 2 unspecified atom stereocenters. The minimum Gasteiger partial charge on any atom is -0.318 e. The summed E-state index contributed by atoms with van der Waals surface area (Å²) in [7, 11) is 0. The summed E-state index contributed by atoms with van der Waals surface area (Å²) in [6, 6.07) is 34.2. The number of amidine groups is 1. The highest BCUT2D eigenvalue weighted by Gasteiger charge is 2.62. The first-order chi connectivity index (χ1) is 18.0. The third-order valence-corrected chi connectivity index (χ3v) is 7.81. The first-order valence-electron chi connectivity index (χ1n) is 12.2. The second-order valence-corrected chi connectivity index (χ2v) is 10.1. The first-order valence-corrected chi connectivity index (χ1v) is 12.6. The van der Waals surface area contributed by atoms with Gasteiger partial charge in [-0.1, -0.05) is 84.4 Å². The van der Waals surface area contributed by atoms with E-state index in [4.69, 9.17) is 16.6 Å². The van der Waals surface area contributed by atoms with E-state index in [2.05, 4.69) is 35.2 Å². The Morgan fingerprint density at radius 2 is 1.46 bits per heavy atom. The lowest BCUT2D eigenvalue weighted by Crippen LogP contribution is -2.35. The molecule has 178 valence electrons. The summed E-state index contributed by atoms with van der Waals surface area (Å²) in [5.41, 5.74) is 6.25. The van der Waals surface area contributed by atoms with Crippen molar-refractivity contribution >= 4 is 28.8 Å². The molecule has 0 N–H and O–H groups in total. The maximum absolute atomic E-state index is 10.8. The van der Waals surface area contributed by atoms with Crippen LogP contribution in [0, 0.1) is 41.9 Å². The Labute approximate surface area is 221 Å². The van der Waals surface area contributed by atoms with Gasteiger partial charge in [0.05, 0.1) is 35.5 Å². The molecular formula is C32H23ClN4. The number of halogens is 1. The number of nitriles is 2. The van der Waals surface area contributed by atoms with E-state index in [1.807, 2.05) is 80.6 Å². The maximum atomic E-state index is 10.8. The van der Waals surface area contributed by atoms with Gasteiger partial charge in [0.2, 0.25) is 0 Å². The molecule has 0 bridgehead atoms. The maximum Gasteiger partial charge on any atom is 0.182 e. The highest BCUT2D eigenvalue weighted by Crippen LogP contribution is 2.62. The number of aliphatic imine (C=N–C) groups is 1. The van der Waals surface area contributed by atoms with Crippen LogP contribution in [-0.4, -0.2) is 5.84 Å². The molecule has 0 aliphatic carbocycles. The number of rotatable bonds is 2. The van der Waals surface area contributed by atoms with Gasteiger partial charge in [0, 0.05) is 10.6 Å². The summed E-state index contributed by atoms with van der Waals surface area (Å²) in [4.78, 5) is 7.42. The predicted molar refractivity (Wildman–Crippen MR) is 148 cm³/mol. The molecule has 0 saturated carbocycles. The van der Waals surface area contributed by atoms with Crippen LogP contribution in [0.3, 0.4) is 0 Å². The SMILES string of the molecule is Cc1cccc(C)c1N=C1C(c2cccc(Cl)c2)C(C#N)(C#N)C2c3ccccc3-c3ccccc3N12. The van der Waals surface area contributed by atoms with Crippen molar-refractivity contribution in [2.45, 2.75) is 25.8 Å². The van der Waals surface area contributed by atoms with Gasteiger partial charge in [0.15, 0.2) is 5.41 Å². The zero-order chi connectivity index (χ0) is 25.7. The van der Waals surface area contributed by atoms with E-state index in [1.165, 1.54) is 0 Å². The molecule has 0 aromatic heterocycles. The Kier molecular flexibility index (Phi) is 5.37. The van der Waals surface area contributed by atoms with E-state index in [1.54, 1.807) is 6.07 Å². The Bertz CT molecular complexity index is 1640. The lowest BCUT2D eigenvalue weighted by atomic mass is 9.69. The van der Waals surface area contributed by atoms with E-state index in [9.17, 15) is 10.5 Å². The minimum atomic E-state index is -1.44. The lowest BCUT2D eigenvalue weighted by molar-refractivity contribution is 0.438. The fraction of sp³-hybridized carbons (Fsp3) is 0.156. The molecule has 2 atom stereocenters. The van der Waals surface area contributed by atoms with Gasteiger partial charge in [0.1, 0.15) is 5.84 Å². The average Bonchev–Trinajstić information content (AvgIpc) is 3.21. The van der Waals surface area contributed by atoms with Gasteiger partial charge in [-0.3, -0.25) is 0 Å². The molecule has 1 saturated heterocycles. The van der Waals surface area contributed by atoms with Gasteiger partial charge in [-0.15, -0.1) is 0 Å². The number of fused-ring (bicyclic) bond motifs is 6. The number of benzene rings is 4. The second kappa shape index (κ2) is 8.63. The van der Waals surface area contributed by atoms with Crippen LogP contribution in [0.2, 0.25) is 5.02 Å². The molecule has 5 heteroatoms. The van der Waals surface area contributed by atoms with Crippen LogP contribution in [0.15, 0.2) is 96.0 Å². The highest BCUT2D eigenvalue weighted by molar-refractivity contribution is 6.30. The van der Waals surface area contributed by atoms with Gasteiger partial charge in [0.25, 0.3) is 0 Å². The van der Waals surface area contributed by atoms with Gasteiger partial charge < -0.3 is 4.90 Å². The summed E-state index contributed by atoms with van der Waals surface area (Å²) in [6.07, 6.45) is 0. The lowest BCUT2D eigenvalue weighted by Gasteiger charge is -2.37. The van der Waals surface area contributed by atoms with Crippen molar-refractivity contribution in [3.05, 3.63) is 118 Å². The smallest absolute Gasteiger partial charge is 0.182 e. The summed E-state index contributed by atoms with van der Waals surface area (Å²) in [5, 5.41) is 22.2. The van der Waals surface area contributed by atoms with Crippen molar-refractivity contribution in [3.8, 4) is 23.3 Å². The Morgan fingerprint density at radius 3 is 2.16 bits per heavy atom. The van der Waals surface area contributed by atoms with Gasteiger partial charge >= 0.3 is 0 Å². The van der Waals surface area contributed by atoms with Crippen LogP contribution >= 0.6 is 11.6 Å². The van der Waals surface area contributed by atoms with E-state index < -0.39 is 17.4 Å². The van der Waals surface area contributed by atoms with Crippen LogP contribution in [0.4, 0.5) is 11.4 Å². The van der Waals surface area contributed by atoms with Crippen LogP contribution in [0.5, 0.6) is 0 Å². The summed E-state index contributed by atoms with van der Waals surface area (Å²) < 4.78 is 0. The van der Waals surface area contributed by atoms with Gasteiger partial charge in [-0.25, -0.2) is 4.99 Å². The Balaban J connectivity index is 1.76. The number of anilines is 1. The Hall–Kier alpha value is -4.38. The third-order valence-electron chi connectivity index (χ3n) is 7.58. The van der Waals surface area contributed by atoms with Crippen molar-refractivity contribution < 1.29 is 0 Å². The standard InChI is InChI=1S/C32H23ClN4/c1-20-9-7-10-21(2)29(20)36-31-28(22-11-8-12-23(33)17-22)32(18-34,19-35)30-26-15-4-3-13-24(26)25-14-5-6-16-27(25)37(30)31/h3-17,28,30H,1-2H3. The molecule has 1 fully saturated rings. The monoisotopic (exact) mass is 498 g/mol. The minimum absolute atomic E-state index is 0.541. The van der Waals surface area contributed by atoms with Crippen LogP contribution in [-0.2, 0) is 0 Å². The van der Waals surface area contributed by atoms with E-state index in [0.29, 0.717) is 10.9 Å². The average molecular weight is 499 g/mol. The van der Waals surface area contributed by atoms with Crippen molar-refractivity contribution in [2.24, 2.45) is 10.4 Å². The molecule has 4 aromatic rings. The largest absolute Gasteiger partial charge is 0.318 e. The van der Waals surface area contributed by atoms with Crippen LogP contribution in [0.25, 0.3) is 11.1 Å². The number of aryl methyl sites for hydroxylation is 2. The van der Waals surface area contributed by atoms with E-state index in [0.717, 1.165) is 44.8 Å². The van der Waals surface area contributed by atoms with Crippen LogP contribution < -0.4 is 4.90 Å². The number of hydrogen-bond donors (Lipinski definition) is 0. The van der Waals surface area contributed by atoms with Crippen molar-refractivity contribution in [2.75, 3.05) is 4.90 Å². The fourth-order valence-corrected chi connectivity index (χ4v) is 6.16. The van der Waals surface area contributed by atoms with Crippen molar-refractivity contribution in [3.63, 3.8) is 0 Å². The molecular weight excluding hydrogens is 476 g/mol. The van der Waals surface area contributed by atoms with Gasteiger partial charge in [-0.05, 0) is 59.9 Å². The van der Waals surface area contributed by atoms with E-state index in [-0.39, 0.29) is 0 Å². The molecule has 37 heavy (non-hydrogen) atoms. The number of nitrogens with zero attached hydrogens (tertiary/aromatic N) is 4. The summed E-state index contributed by atoms with van der Waals surface area (Å²) in [5.74, 6) is 0.0548. The third kappa shape index (κ3) is 3.30. The molecule has 2 aliphatic heterocycles. The number of hydrogen-bond acceptors (Lipinski definition) is 3. The van der Waals surface area contributed by atoms with E-state index >= 15 is 0 Å². The summed E-state index contributed by atoms with van der Waals surface area (Å²) in [6.45, 7) is 4.07. The molecule has 4 nitrogen and oxygen atoms in total. The number of para-hydroxylation sites is 2. The molecule has 2 heterocycles. The van der Waals surface area contributed by atoms with Crippen molar-refractivity contribution in [1.82, 2.24) is 0 Å². The zero-order valence-corrected chi connectivity index (χ0v) is 21.2. The molecule has 2 aliphatic rings. The Morgan fingerprint density at radius 1 is 0.811 bits per heavy atom. The first kappa shape index (κ1) is 23.0. The molecule has 0 radical (unpaired) electrons. The molecule has 0 spiro atoms. The molecule has 6 rings (SSSR count). The van der Waals surface area contributed by atoms with Crippen LogP contribution in [0.1, 0.15) is 34.2 Å².